The molecule has 1 fully saturated rings. The number of amides is 1. The van der Waals surface area contributed by atoms with Crippen molar-refractivity contribution in [2.75, 3.05) is 10.8 Å². The predicted octanol–water partition coefficient (Wildman–Crippen LogP) is 5.02. The summed E-state index contributed by atoms with van der Waals surface area (Å²) in [4.78, 5) is 13.0. The lowest BCUT2D eigenvalue weighted by molar-refractivity contribution is -0.119. The molecule has 1 N–H and O–H groups in total. The van der Waals surface area contributed by atoms with E-state index in [9.17, 15) is 13.2 Å². The van der Waals surface area contributed by atoms with Crippen LogP contribution in [0.2, 0.25) is 0 Å². The largest absolute Gasteiger partial charge is 0.271 e. The van der Waals surface area contributed by atoms with Crippen molar-refractivity contribution in [1.82, 2.24) is 5.43 Å². The average molecular weight is 456 g/mol. The van der Waals surface area contributed by atoms with Gasteiger partial charge in [0.1, 0.15) is 6.54 Å². The van der Waals surface area contributed by atoms with Crippen molar-refractivity contribution in [3.8, 4) is 0 Å². The number of carbonyl (C=O) groups is 1. The monoisotopic (exact) mass is 455 g/mol. The van der Waals surface area contributed by atoms with Crippen molar-refractivity contribution < 1.29 is 13.2 Å². The molecule has 1 amide bonds. The van der Waals surface area contributed by atoms with Crippen LogP contribution in [0.15, 0.2) is 52.5 Å². The average Bonchev–Trinajstić information content (AvgIpc) is 2.72. The van der Waals surface area contributed by atoms with Gasteiger partial charge in [0, 0.05) is 5.71 Å². The highest BCUT2D eigenvalue weighted by Gasteiger charge is 2.28. The molecule has 0 aliphatic heterocycles. The van der Waals surface area contributed by atoms with Gasteiger partial charge >= 0.3 is 0 Å². The first-order valence-electron chi connectivity index (χ1n) is 11.3. The number of benzene rings is 2. The molecule has 0 bridgehead atoms. The summed E-state index contributed by atoms with van der Waals surface area (Å²) in [7, 11) is -3.93. The summed E-state index contributed by atoms with van der Waals surface area (Å²) in [5.41, 5.74) is 6.87. The standard InChI is InChI=1S/C25H33N3O3S/c1-19-11-14-23(15-12-19)32(30,31)28(24-16-13-20(2)17-21(24)3)18-25(29)27-26-22-9-7-5-4-6-8-10-22/h11-17H,4-10,18H2,1-3H3,(H,27,29). The molecule has 7 heteroatoms. The van der Waals surface area contributed by atoms with E-state index in [1.165, 1.54) is 23.6 Å². The zero-order valence-corrected chi connectivity index (χ0v) is 20.0. The lowest BCUT2D eigenvalue weighted by atomic mass is 9.99. The molecule has 0 aromatic heterocycles. The minimum Gasteiger partial charge on any atom is -0.271 e. The van der Waals surface area contributed by atoms with Crippen LogP contribution in [0.1, 0.15) is 61.6 Å². The Kier molecular flexibility index (Phi) is 8.07. The van der Waals surface area contributed by atoms with E-state index in [2.05, 4.69) is 10.5 Å². The minimum atomic E-state index is -3.93. The van der Waals surface area contributed by atoms with Crippen LogP contribution in [-0.2, 0) is 14.8 Å². The number of nitrogens with zero attached hydrogens (tertiary/aromatic N) is 2. The molecule has 0 saturated heterocycles. The number of rotatable bonds is 6. The topological polar surface area (TPSA) is 78.8 Å². The number of hydrazone groups is 1. The number of sulfonamides is 1. The molecule has 2 aromatic rings. The first kappa shape index (κ1) is 24.0. The van der Waals surface area contributed by atoms with Crippen molar-refractivity contribution in [3.63, 3.8) is 0 Å². The van der Waals surface area contributed by atoms with Gasteiger partial charge in [-0.1, -0.05) is 54.7 Å². The Balaban J connectivity index is 1.87. The Morgan fingerprint density at radius 3 is 2.12 bits per heavy atom. The third kappa shape index (κ3) is 6.19. The Hall–Kier alpha value is -2.67. The molecule has 1 aliphatic carbocycles. The van der Waals surface area contributed by atoms with Crippen molar-refractivity contribution in [2.45, 2.75) is 70.6 Å². The highest BCUT2D eigenvalue weighted by molar-refractivity contribution is 7.92. The van der Waals surface area contributed by atoms with Crippen LogP contribution in [0, 0.1) is 20.8 Å². The Morgan fingerprint density at radius 2 is 1.50 bits per heavy atom. The quantitative estimate of drug-likeness (QED) is 0.621. The summed E-state index contributed by atoms with van der Waals surface area (Å²) in [6, 6.07) is 12.2. The molecule has 32 heavy (non-hydrogen) atoms. The van der Waals surface area contributed by atoms with Gasteiger partial charge < -0.3 is 0 Å². The lowest BCUT2D eigenvalue weighted by Crippen LogP contribution is -2.40. The maximum Gasteiger partial charge on any atom is 0.264 e. The zero-order valence-electron chi connectivity index (χ0n) is 19.2. The molecule has 0 unspecified atom stereocenters. The van der Waals surface area contributed by atoms with Crippen molar-refractivity contribution in [3.05, 3.63) is 59.2 Å². The number of nitrogens with one attached hydrogen (secondary N) is 1. The third-order valence-corrected chi connectivity index (χ3v) is 7.56. The molecule has 1 saturated carbocycles. The molecule has 172 valence electrons. The van der Waals surface area contributed by atoms with Gasteiger partial charge in [0.25, 0.3) is 15.9 Å². The zero-order chi connectivity index (χ0) is 23.1. The van der Waals surface area contributed by atoms with E-state index in [4.69, 9.17) is 0 Å². The van der Waals surface area contributed by atoms with E-state index in [0.717, 1.165) is 48.1 Å². The Labute approximate surface area is 191 Å². The smallest absolute Gasteiger partial charge is 0.264 e. The van der Waals surface area contributed by atoms with Gasteiger partial charge in [-0.15, -0.1) is 0 Å². The summed E-state index contributed by atoms with van der Waals surface area (Å²) in [6.07, 6.45) is 7.52. The molecule has 2 aromatic carbocycles. The van der Waals surface area contributed by atoms with Gasteiger partial charge in [0.05, 0.1) is 10.6 Å². The van der Waals surface area contributed by atoms with Crippen LogP contribution >= 0.6 is 0 Å². The van der Waals surface area contributed by atoms with E-state index in [1.54, 1.807) is 30.3 Å². The maximum absolute atomic E-state index is 13.5. The van der Waals surface area contributed by atoms with E-state index in [0.29, 0.717) is 5.69 Å². The predicted molar refractivity (Wildman–Crippen MR) is 130 cm³/mol. The van der Waals surface area contributed by atoms with Gasteiger partial charge in [0.15, 0.2) is 0 Å². The number of aryl methyl sites for hydroxylation is 3. The second-order valence-corrected chi connectivity index (χ2v) is 10.5. The van der Waals surface area contributed by atoms with Crippen molar-refractivity contribution in [1.29, 1.82) is 0 Å². The third-order valence-electron chi connectivity index (χ3n) is 5.79. The van der Waals surface area contributed by atoms with Crippen LogP contribution in [0.3, 0.4) is 0 Å². The van der Waals surface area contributed by atoms with Crippen LogP contribution in [0.5, 0.6) is 0 Å². The van der Waals surface area contributed by atoms with Gasteiger partial charge in [-0.25, -0.2) is 13.8 Å². The van der Waals surface area contributed by atoms with Crippen molar-refractivity contribution >= 4 is 27.3 Å². The van der Waals surface area contributed by atoms with Crippen LogP contribution in [0.25, 0.3) is 0 Å². The normalized spacial score (nSPS) is 14.9. The number of anilines is 1. The van der Waals surface area contributed by atoms with Crippen LogP contribution < -0.4 is 9.73 Å². The van der Waals surface area contributed by atoms with E-state index in [1.807, 2.05) is 32.9 Å². The fourth-order valence-electron chi connectivity index (χ4n) is 3.95. The molecule has 3 rings (SSSR count). The first-order chi connectivity index (χ1) is 15.3. The Morgan fingerprint density at radius 1 is 0.906 bits per heavy atom. The Bertz CT molecular complexity index is 1070. The highest BCUT2D eigenvalue weighted by atomic mass is 32.2. The summed E-state index contributed by atoms with van der Waals surface area (Å²) in [6.45, 7) is 5.37. The minimum absolute atomic E-state index is 0.155. The number of carbonyl (C=O) groups excluding carboxylic acids is 1. The van der Waals surface area contributed by atoms with Gasteiger partial charge in [-0.2, -0.15) is 5.10 Å². The summed E-state index contributed by atoms with van der Waals surface area (Å²) < 4.78 is 28.2. The SMILES string of the molecule is Cc1ccc(S(=O)(=O)N(CC(=O)NN=C2CCCCCCC2)c2ccc(C)cc2C)cc1. The first-order valence-corrected chi connectivity index (χ1v) is 12.7. The van der Waals surface area contributed by atoms with E-state index in [-0.39, 0.29) is 11.4 Å². The molecule has 1 aliphatic rings. The highest BCUT2D eigenvalue weighted by Crippen LogP contribution is 2.27. The molecule has 0 heterocycles. The van der Waals surface area contributed by atoms with Crippen molar-refractivity contribution in [2.24, 2.45) is 5.10 Å². The summed E-state index contributed by atoms with van der Waals surface area (Å²) in [5, 5.41) is 4.33. The van der Waals surface area contributed by atoms with Gasteiger partial charge in [0.2, 0.25) is 0 Å². The lowest BCUT2D eigenvalue weighted by Gasteiger charge is -2.25. The summed E-state index contributed by atoms with van der Waals surface area (Å²) >= 11 is 0. The molecular weight excluding hydrogens is 422 g/mol. The fraction of sp³-hybridized carbons (Fsp3) is 0.440. The molecule has 0 spiro atoms. The van der Waals surface area contributed by atoms with Crippen LogP contribution in [-0.4, -0.2) is 26.6 Å². The summed E-state index contributed by atoms with van der Waals surface area (Å²) in [5.74, 6) is -0.449. The molecule has 0 atom stereocenters. The fourth-order valence-corrected chi connectivity index (χ4v) is 5.44. The second kappa shape index (κ2) is 10.8. The number of hydrogen-bond donors (Lipinski definition) is 1. The second-order valence-electron chi connectivity index (χ2n) is 8.60. The van der Waals surface area contributed by atoms with Gasteiger partial charge in [-0.05, 0) is 70.2 Å². The molecular formula is C25H33N3O3S. The number of hydrogen-bond acceptors (Lipinski definition) is 4. The van der Waals surface area contributed by atoms with E-state index >= 15 is 0 Å². The molecule has 0 radical (unpaired) electrons. The van der Waals surface area contributed by atoms with Gasteiger partial charge in [-0.3, -0.25) is 9.10 Å². The maximum atomic E-state index is 13.5. The van der Waals surface area contributed by atoms with E-state index < -0.39 is 15.9 Å². The molecule has 6 nitrogen and oxygen atoms in total. The van der Waals surface area contributed by atoms with Crippen LogP contribution in [0.4, 0.5) is 5.69 Å².